The topological polar surface area (TPSA) is 46.1 Å². The molecule has 0 radical (unpaired) electrons. The van der Waals surface area contributed by atoms with Gasteiger partial charge in [-0.05, 0) is 20.8 Å². The SMILES string of the molecule is CCCCCCCCCP([O-])[O-].CC[N+](C)(CC)CC.[H+]. The molecule has 0 atom stereocenters. The molecule has 0 saturated heterocycles. The molecule has 0 spiro atoms. The number of hydrogen-bond donors (Lipinski definition) is 0. The third-order valence-electron chi connectivity index (χ3n) is 4.23. The van der Waals surface area contributed by atoms with Crippen molar-refractivity contribution < 1.29 is 15.7 Å². The molecular formula is C16H38NO2P. The van der Waals surface area contributed by atoms with Gasteiger partial charge in [-0.15, -0.1) is 0 Å². The van der Waals surface area contributed by atoms with Crippen LogP contribution in [0.3, 0.4) is 0 Å². The molecule has 0 aliphatic rings. The lowest BCUT2D eigenvalue weighted by atomic mass is 10.1. The van der Waals surface area contributed by atoms with Crippen molar-refractivity contribution in [1.82, 2.24) is 0 Å². The summed E-state index contributed by atoms with van der Waals surface area (Å²) in [5, 5.41) is 0. The summed E-state index contributed by atoms with van der Waals surface area (Å²) in [7, 11) is 0.164. The van der Waals surface area contributed by atoms with Crippen molar-refractivity contribution in [2.75, 3.05) is 32.8 Å². The summed E-state index contributed by atoms with van der Waals surface area (Å²) in [6.07, 6.45) is 8.66. The maximum Gasteiger partial charge on any atom is 1.00 e. The molecule has 0 unspecified atom stereocenters. The van der Waals surface area contributed by atoms with Crippen LogP contribution in [-0.2, 0) is 0 Å². The van der Waals surface area contributed by atoms with Crippen molar-refractivity contribution in [3.63, 3.8) is 0 Å². The monoisotopic (exact) mass is 307 g/mol. The second-order valence-corrected chi connectivity index (χ2v) is 6.86. The zero-order valence-electron chi connectivity index (χ0n) is 15.5. The van der Waals surface area contributed by atoms with Crippen molar-refractivity contribution >= 4 is 8.38 Å². The van der Waals surface area contributed by atoms with Crippen molar-refractivity contribution in [1.29, 1.82) is 0 Å². The van der Waals surface area contributed by atoms with Gasteiger partial charge in [-0.2, -0.15) is 0 Å². The standard InChI is InChI=1S/C9H19O2P.C7H18N/c1-2-3-4-5-6-7-8-9-12(10)11;1-5-8(4,6-2)7-3/h2-9H2,1H3;5-7H2,1-4H3/q-2;+1/p+1. The summed E-state index contributed by atoms with van der Waals surface area (Å²) < 4.78 is 1.21. The minimum Gasteiger partial charge on any atom is -0.842 e. The molecule has 0 bridgehead atoms. The fourth-order valence-electron chi connectivity index (χ4n) is 1.87. The lowest BCUT2D eigenvalue weighted by Crippen LogP contribution is -2.42. The zero-order valence-corrected chi connectivity index (χ0v) is 15.4. The normalized spacial score (nSPS) is 11.4. The van der Waals surface area contributed by atoms with E-state index in [0.29, 0.717) is 6.16 Å². The summed E-state index contributed by atoms with van der Waals surface area (Å²) in [6.45, 7) is 12.7. The predicted octanol–water partition coefficient (Wildman–Crippen LogP) is 3.37. The first-order valence-corrected chi connectivity index (χ1v) is 9.77. The highest BCUT2D eigenvalue weighted by atomic mass is 31.2. The van der Waals surface area contributed by atoms with Gasteiger partial charge in [-0.1, -0.05) is 58.0 Å². The Bertz CT molecular complexity index is 183. The quantitative estimate of drug-likeness (QED) is 0.334. The molecule has 0 heterocycles. The largest absolute Gasteiger partial charge is 1.00 e. The number of hydrogen-bond acceptors (Lipinski definition) is 2. The predicted molar refractivity (Wildman–Crippen MR) is 88.7 cm³/mol. The molecule has 124 valence electrons. The maximum absolute atomic E-state index is 10.2. The van der Waals surface area contributed by atoms with E-state index in [0.717, 1.165) is 12.8 Å². The number of nitrogens with zero attached hydrogens (tertiary/aromatic N) is 1. The minimum absolute atomic E-state index is 0. The van der Waals surface area contributed by atoms with Gasteiger partial charge in [0.05, 0.1) is 26.7 Å². The number of rotatable bonds is 11. The Morgan fingerprint density at radius 2 is 1.15 bits per heavy atom. The van der Waals surface area contributed by atoms with E-state index >= 15 is 0 Å². The molecule has 0 aromatic rings. The molecule has 0 aromatic heterocycles. The molecule has 0 aliphatic heterocycles. The van der Waals surface area contributed by atoms with E-state index in [1.54, 1.807) is 0 Å². The molecule has 0 aliphatic carbocycles. The lowest BCUT2D eigenvalue weighted by Gasteiger charge is -2.30. The van der Waals surface area contributed by atoms with Gasteiger partial charge in [0.2, 0.25) is 0 Å². The lowest BCUT2D eigenvalue weighted by molar-refractivity contribution is -0.904. The average Bonchev–Trinajstić information content (AvgIpc) is 2.46. The highest BCUT2D eigenvalue weighted by molar-refractivity contribution is 7.41. The number of quaternary nitrogens is 1. The van der Waals surface area contributed by atoms with E-state index in [2.05, 4.69) is 34.7 Å². The molecular weight excluding hydrogens is 269 g/mol. The van der Waals surface area contributed by atoms with E-state index in [4.69, 9.17) is 0 Å². The molecule has 4 heteroatoms. The van der Waals surface area contributed by atoms with Gasteiger partial charge in [-0.3, -0.25) is 0 Å². The minimum atomic E-state index is -2.13. The zero-order chi connectivity index (χ0) is 15.9. The van der Waals surface area contributed by atoms with E-state index in [9.17, 15) is 9.79 Å². The van der Waals surface area contributed by atoms with Crippen molar-refractivity contribution in [3.8, 4) is 0 Å². The Labute approximate surface area is 130 Å². The Hall–Kier alpha value is 0.310. The average molecular weight is 307 g/mol. The smallest absolute Gasteiger partial charge is 0.842 e. The van der Waals surface area contributed by atoms with Crippen LogP contribution in [0, 0.1) is 0 Å². The third-order valence-corrected chi connectivity index (χ3v) is 4.92. The Kier molecular flexibility index (Phi) is 17.7. The molecule has 0 saturated carbocycles. The molecule has 0 N–H and O–H groups in total. The van der Waals surface area contributed by atoms with Crippen LogP contribution in [0.1, 0.15) is 74.1 Å². The first kappa shape index (κ1) is 22.6. The fraction of sp³-hybridized carbons (Fsp3) is 1.00. The van der Waals surface area contributed by atoms with Crippen LogP contribution in [0.2, 0.25) is 0 Å². The fourth-order valence-corrected chi connectivity index (χ4v) is 2.35. The van der Waals surface area contributed by atoms with Crippen LogP contribution < -0.4 is 9.79 Å². The van der Waals surface area contributed by atoms with Gasteiger partial charge in [-0.25, -0.2) is 0 Å². The van der Waals surface area contributed by atoms with Gasteiger partial charge in [0, 0.05) is 0 Å². The van der Waals surface area contributed by atoms with E-state index < -0.39 is 8.38 Å². The van der Waals surface area contributed by atoms with Crippen molar-refractivity contribution in [2.45, 2.75) is 72.6 Å². The van der Waals surface area contributed by atoms with Crippen molar-refractivity contribution in [2.24, 2.45) is 0 Å². The Balaban J connectivity index is -0.000000317. The van der Waals surface area contributed by atoms with E-state index in [1.165, 1.54) is 56.2 Å². The van der Waals surface area contributed by atoms with Gasteiger partial charge in [0.25, 0.3) is 0 Å². The van der Waals surface area contributed by atoms with Crippen LogP contribution in [0.15, 0.2) is 0 Å². The Morgan fingerprint density at radius 1 is 0.750 bits per heavy atom. The molecule has 3 nitrogen and oxygen atoms in total. The van der Waals surface area contributed by atoms with Gasteiger partial charge in [0.15, 0.2) is 0 Å². The second kappa shape index (κ2) is 15.7. The first-order valence-electron chi connectivity index (χ1n) is 8.41. The first-order chi connectivity index (χ1) is 9.45. The van der Waals surface area contributed by atoms with Crippen LogP contribution >= 0.6 is 8.38 Å². The summed E-state index contributed by atoms with van der Waals surface area (Å²) in [5.41, 5.74) is 0. The third kappa shape index (κ3) is 16.4. The second-order valence-electron chi connectivity index (χ2n) is 5.75. The van der Waals surface area contributed by atoms with Gasteiger partial charge < -0.3 is 22.6 Å². The molecule has 0 aromatic carbocycles. The maximum atomic E-state index is 10.2. The summed E-state index contributed by atoms with van der Waals surface area (Å²) in [4.78, 5) is 20.3. The van der Waals surface area contributed by atoms with Crippen LogP contribution in [0.25, 0.3) is 0 Å². The van der Waals surface area contributed by atoms with Gasteiger partial charge >= 0.3 is 1.43 Å². The van der Waals surface area contributed by atoms with Crippen molar-refractivity contribution in [3.05, 3.63) is 0 Å². The summed E-state index contributed by atoms with van der Waals surface area (Å²) in [5.74, 6) is 0. The Morgan fingerprint density at radius 3 is 1.45 bits per heavy atom. The molecule has 20 heavy (non-hydrogen) atoms. The van der Waals surface area contributed by atoms with Gasteiger partial charge in [0.1, 0.15) is 0 Å². The van der Waals surface area contributed by atoms with E-state index in [-0.39, 0.29) is 1.43 Å². The summed E-state index contributed by atoms with van der Waals surface area (Å²) in [6, 6.07) is 0. The molecule has 0 fully saturated rings. The number of unbranched alkanes of at least 4 members (excludes halogenated alkanes) is 6. The van der Waals surface area contributed by atoms with E-state index in [1.807, 2.05) is 0 Å². The van der Waals surface area contributed by atoms with Crippen LogP contribution in [0.4, 0.5) is 0 Å². The highest BCUT2D eigenvalue weighted by Gasteiger charge is 2.10. The highest BCUT2D eigenvalue weighted by Crippen LogP contribution is 2.15. The summed E-state index contributed by atoms with van der Waals surface area (Å²) >= 11 is 0. The van der Waals surface area contributed by atoms with Crippen LogP contribution in [-0.4, -0.2) is 37.3 Å². The molecule has 0 rings (SSSR count). The van der Waals surface area contributed by atoms with Crippen LogP contribution in [0.5, 0.6) is 0 Å². The molecule has 0 amide bonds.